The molecular weight excluding hydrogens is 289 g/mol. The Hall–Kier alpha value is -1.27. The molecule has 1 aliphatic heterocycles. The summed E-state index contributed by atoms with van der Waals surface area (Å²) in [6, 6.07) is 6.44. The molecule has 4 nitrogen and oxygen atoms in total. The maximum absolute atomic E-state index is 12.9. The molecule has 2 N–H and O–H groups in total. The van der Waals surface area contributed by atoms with Gasteiger partial charge in [0, 0.05) is 32.9 Å². The van der Waals surface area contributed by atoms with Crippen molar-refractivity contribution in [1.29, 1.82) is 0 Å². The van der Waals surface area contributed by atoms with Gasteiger partial charge in [0.1, 0.15) is 5.82 Å². The van der Waals surface area contributed by atoms with E-state index >= 15 is 0 Å². The number of nitrogens with one attached hydrogen (secondary N) is 1. The molecule has 1 heterocycles. The van der Waals surface area contributed by atoms with Crippen molar-refractivity contribution in [3.05, 3.63) is 35.6 Å². The summed E-state index contributed by atoms with van der Waals surface area (Å²) in [6.07, 6.45) is 0.809. The van der Waals surface area contributed by atoms with Crippen LogP contribution in [0.1, 0.15) is 12.0 Å². The summed E-state index contributed by atoms with van der Waals surface area (Å²) in [4.78, 5) is 6.19. The van der Waals surface area contributed by atoms with Crippen LogP contribution < -0.4 is 5.32 Å². The molecule has 0 radical (unpaired) electrons. The number of nitrogens with zero attached hydrogens (tertiary/aromatic N) is 2. The zero-order valence-electron chi connectivity index (χ0n) is 12.5. The molecule has 6 heteroatoms. The van der Waals surface area contributed by atoms with Gasteiger partial charge in [-0.15, -0.1) is 0 Å². The molecule has 1 aromatic rings. The summed E-state index contributed by atoms with van der Waals surface area (Å²) < 4.78 is 12.9. The fourth-order valence-corrected chi connectivity index (χ4v) is 3.60. The molecule has 0 spiro atoms. The van der Waals surface area contributed by atoms with Crippen molar-refractivity contribution < 1.29 is 9.50 Å². The van der Waals surface area contributed by atoms with E-state index in [1.807, 2.05) is 11.9 Å². The maximum atomic E-state index is 12.9. The minimum atomic E-state index is -0.642. The predicted octanol–water partition coefficient (Wildman–Crippen LogP) is 1.70. The molecule has 1 atom stereocenters. The Bertz CT molecular complexity index is 486. The fraction of sp³-hybridized carbons (Fsp3) is 0.533. The monoisotopic (exact) mass is 311 g/mol. The van der Waals surface area contributed by atoms with E-state index < -0.39 is 5.60 Å². The first-order valence-corrected chi connectivity index (χ1v) is 8.14. The second-order valence-corrected chi connectivity index (χ2v) is 6.52. The minimum absolute atomic E-state index is 0.232. The highest BCUT2D eigenvalue weighted by atomic mass is 32.2. The van der Waals surface area contributed by atoms with E-state index in [1.165, 1.54) is 12.1 Å². The lowest BCUT2D eigenvalue weighted by molar-refractivity contribution is 0.0718. The zero-order chi connectivity index (χ0) is 15.3. The molecule has 0 bridgehead atoms. The van der Waals surface area contributed by atoms with E-state index in [9.17, 15) is 9.50 Å². The average molecular weight is 311 g/mol. The van der Waals surface area contributed by atoms with Crippen LogP contribution in [-0.4, -0.2) is 53.7 Å². The number of rotatable bonds is 4. The van der Waals surface area contributed by atoms with E-state index in [1.54, 1.807) is 30.9 Å². The normalized spacial score (nSPS) is 22.4. The van der Waals surface area contributed by atoms with Crippen molar-refractivity contribution in [3.63, 3.8) is 0 Å². The van der Waals surface area contributed by atoms with Crippen LogP contribution in [0.25, 0.3) is 0 Å². The first-order valence-electron chi connectivity index (χ1n) is 6.99. The van der Waals surface area contributed by atoms with Crippen LogP contribution in [0.2, 0.25) is 0 Å². The van der Waals surface area contributed by atoms with Gasteiger partial charge in [0.2, 0.25) is 0 Å². The molecule has 1 aliphatic rings. The van der Waals surface area contributed by atoms with E-state index in [0.717, 1.165) is 29.4 Å². The largest absolute Gasteiger partial charge is 0.387 e. The van der Waals surface area contributed by atoms with Crippen molar-refractivity contribution in [3.8, 4) is 0 Å². The maximum Gasteiger partial charge on any atom is 0.193 e. The van der Waals surface area contributed by atoms with Crippen LogP contribution in [0.5, 0.6) is 0 Å². The Labute approximate surface area is 129 Å². The highest BCUT2D eigenvalue weighted by Gasteiger charge is 2.31. The van der Waals surface area contributed by atoms with Gasteiger partial charge in [-0.25, -0.2) is 4.39 Å². The first kappa shape index (κ1) is 16.1. The van der Waals surface area contributed by atoms with Crippen LogP contribution >= 0.6 is 11.8 Å². The Balaban J connectivity index is 1.89. The Morgan fingerprint density at radius 3 is 2.76 bits per heavy atom. The summed E-state index contributed by atoms with van der Waals surface area (Å²) in [5.74, 6) is 2.26. The average Bonchev–Trinajstić information content (AvgIpc) is 2.89. The van der Waals surface area contributed by atoms with Crippen LogP contribution in [0.4, 0.5) is 4.39 Å². The lowest BCUT2D eigenvalue weighted by Gasteiger charge is -2.27. The van der Waals surface area contributed by atoms with E-state index in [0.29, 0.717) is 13.1 Å². The molecule has 0 aromatic heterocycles. The van der Waals surface area contributed by atoms with E-state index in [4.69, 9.17) is 0 Å². The molecular formula is C15H22FN3OS. The SMILES string of the molecule is CN=C(NCC1(O)CCSC1)N(C)Cc1ccc(F)cc1. The molecule has 0 amide bonds. The molecule has 21 heavy (non-hydrogen) atoms. The fourth-order valence-electron chi connectivity index (χ4n) is 2.30. The van der Waals surface area contributed by atoms with Crippen molar-refractivity contribution in [1.82, 2.24) is 10.2 Å². The van der Waals surface area contributed by atoms with Crippen molar-refractivity contribution >= 4 is 17.7 Å². The van der Waals surface area contributed by atoms with E-state index in [2.05, 4.69) is 10.3 Å². The summed E-state index contributed by atoms with van der Waals surface area (Å²) in [6.45, 7) is 1.13. The number of thioether (sulfide) groups is 1. The van der Waals surface area contributed by atoms with Crippen molar-refractivity contribution in [2.24, 2.45) is 4.99 Å². The number of halogens is 1. The van der Waals surface area contributed by atoms with Gasteiger partial charge < -0.3 is 15.3 Å². The topological polar surface area (TPSA) is 47.9 Å². The standard InChI is InChI=1S/C15H22FN3OS/c1-17-14(18-10-15(20)7-8-21-11-15)19(2)9-12-3-5-13(16)6-4-12/h3-6,20H,7-11H2,1-2H3,(H,17,18). The van der Waals surface area contributed by atoms with E-state index in [-0.39, 0.29) is 5.82 Å². The first-order chi connectivity index (χ1) is 10.0. The lowest BCUT2D eigenvalue weighted by Crippen LogP contribution is -2.47. The van der Waals surface area contributed by atoms with Crippen LogP contribution in [0.15, 0.2) is 29.3 Å². The van der Waals surface area contributed by atoms with Gasteiger partial charge in [-0.1, -0.05) is 12.1 Å². The third-order valence-electron chi connectivity index (χ3n) is 3.56. The molecule has 0 saturated carbocycles. The number of hydrogen-bond acceptors (Lipinski definition) is 3. The molecule has 1 saturated heterocycles. The van der Waals surface area contributed by atoms with Crippen LogP contribution in [0.3, 0.4) is 0 Å². The summed E-state index contributed by atoms with van der Waals surface area (Å²) >= 11 is 1.77. The number of hydrogen-bond donors (Lipinski definition) is 2. The Morgan fingerprint density at radius 2 is 2.19 bits per heavy atom. The summed E-state index contributed by atoms with van der Waals surface area (Å²) in [7, 11) is 3.64. The van der Waals surface area contributed by atoms with Gasteiger partial charge >= 0.3 is 0 Å². The minimum Gasteiger partial charge on any atom is -0.387 e. The quantitative estimate of drug-likeness (QED) is 0.656. The molecule has 1 fully saturated rings. The van der Waals surface area contributed by atoms with Gasteiger partial charge in [0.05, 0.1) is 5.60 Å². The second kappa shape index (κ2) is 7.13. The molecule has 0 aliphatic carbocycles. The highest BCUT2D eigenvalue weighted by molar-refractivity contribution is 7.99. The van der Waals surface area contributed by atoms with Gasteiger partial charge in [0.15, 0.2) is 5.96 Å². The summed E-state index contributed by atoms with van der Waals surface area (Å²) in [5, 5.41) is 13.6. The van der Waals surface area contributed by atoms with Gasteiger partial charge in [-0.2, -0.15) is 11.8 Å². The van der Waals surface area contributed by atoms with Gasteiger partial charge in [-0.05, 0) is 29.9 Å². The molecule has 2 rings (SSSR count). The van der Waals surface area contributed by atoms with Crippen molar-refractivity contribution in [2.45, 2.75) is 18.6 Å². The Kier molecular flexibility index (Phi) is 5.47. The number of guanidine groups is 1. The summed E-state index contributed by atoms with van der Waals surface area (Å²) in [5.41, 5.74) is 0.370. The zero-order valence-corrected chi connectivity index (χ0v) is 13.3. The number of benzene rings is 1. The lowest BCUT2D eigenvalue weighted by atomic mass is 10.0. The second-order valence-electron chi connectivity index (χ2n) is 5.41. The van der Waals surface area contributed by atoms with Crippen LogP contribution in [-0.2, 0) is 6.54 Å². The molecule has 1 aromatic carbocycles. The number of aliphatic imine (C=N–C) groups is 1. The smallest absolute Gasteiger partial charge is 0.193 e. The van der Waals surface area contributed by atoms with Gasteiger partial charge in [0.25, 0.3) is 0 Å². The molecule has 1 unspecified atom stereocenters. The predicted molar refractivity (Wildman–Crippen MR) is 86.1 cm³/mol. The van der Waals surface area contributed by atoms with Gasteiger partial charge in [-0.3, -0.25) is 4.99 Å². The molecule has 116 valence electrons. The third kappa shape index (κ3) is 4.61. The number of aliphatic hydroxyl groups is 1. The highest BCUT2D eigenvalue weighted by Crippen LogP contribution is 2.26. The van der Waals surface area contributed by atoms with Crippen molar-refractivity contribution in [2.75, 3.05) is 32.1 Å². The Morgan fingerprint density at radius 1 is 1.48 bits per heavy atom. The van der Waals surface area contributed by atoms with Crippen LogP contribution in [0, 0.1) is 5.82 Å². The third-order valence-corrected chi connectivity index (χ3v) is 4.80.